The SMILES string of the molecule is C=COC([CH2-])[CH2-].CC(C)(C)O[C-]=O.[K+]. The molecule has 0 saturated heterocycles. The van der Waals surface area contributed by atoms with Crippen LogP contribution in [0.3, 0.4) is 0 Å². The number of carbonyl (C=O) groups excluding carboxylic acids is 1. The number of ether oxygens (including phenoxy) is 2. The van der Waals surface area contributed by atoms with Crippen LogP contribution in [0.15, 0.2) is 12.8 Å². The van der Waals surface area contributed by atoms with Crippen LogP contribution in [0.1, 0.15) is 20.8 Å². The van der Waals surface area contributed by atoms with Gasteiger partial charge in [0.05, 0.1) is 11.9 Å². The Morgan fingerprint density at radius 1 is 1.43 bits per heavy atom. The molecule has 0 aliphatic heterocycles. The molecule has 0 rings (SSSR count). The summed E-state index contributed by atoms with van der Waals surface area (Å²) in [6, 6.07) is 0. The van der Waals surface area contributed by atoms with E-state index in [1.165, 1.54) is 12.7 Å². The van der Waals surface area contributed by atoms with E-state index < -0.39 is 0 Å². The van der Waals surface area contributed by atoms with E-state index in [0.717, 1.165) is 0 Å². The molecule has 0 amide bonds. The first-order valence-corrected chi connectivity index (χ1v) is 3.81. The van der Waals surface area contributed by atoms with Gasteiger partial charge in [0, 0.05) is 0 Å². The molecule has 0 heterocycles. The van der Waals surface area contributed by atoms with E-state index in [2.05, 4.69) is 29.9 Å². The van der Waals surface area contributed by atoms with Gasteiger partial charge in [0.2, 0.25) is 0 Å². The molecule has 0 atom stereocenters. The second kappa shape index (κ2) is 11.7. The Balaban J connectivity index is -0.000000163. The van der Waals surface area contributed by atoms with Crippen LogP contribution in [0.4, 0.5) is 0 Å². The number of rotatable bonds is 3. The van der Waals surface area contributed by atoms with Crippen LogP contribution in [0.2, 0.25) is 0 Å². The van der Waals surface area contributed by atoms with E-state index in [1.807, 2.05) is 0 Å². The largest absolute Gasteiger partial charge is 1.00 e. The van der Waals surface area contributed by atoms with E-state index in [-0.39, 0.29) is 63.1 Å². The summed E-state index contributed by atoms with van der Waals surface area (Å²) in [5, 5.41) is 0. The molecule has 0 fully saturated rings. The van der Waals surface area contributed by atoms with Crippen LogP contribution in [0, 0.1) is 13.8 Å². The fourth-order valence-corrected chi connectivity index (χ4v) is 0.261. The quantitative estimate of drug-likeness (QED) is 0.352. The van der Waals surface area contributed by atoms with Gasteiger partial charge in [-0.1, -0.05) is 13.1 Å². The van der Waals surface area contributed by atoms with E-state index >= 15 is 0 Å². The summed E-state index contributed by atoms with van der Waals surface area (Å²) in [5.41, 5.74) is -0.373. The third kappa shape index (κ3) is 29.3. The summed E-state index contributed by atoms with van der Waals surface area (Å²) in [4.78, 5) is 9.47. The second-order valence-electron chi connectivity index (χ2n) is 3.22. The maximum atomic E-state index is 9.47. The first-order chi connectivity index (χ1) is 5.83. The van der Waals surface area contributed by atoms with Crippen molar-refractivity contribution < 1.29 is 65.7 Å². The monoisotopic (exact) mass is 224 g/mol. The third-order valence-electron chi connectivity index (χ3n) is 0.637. The standard InChI is InChI=1S/C5H9O2.C5H8O.K/c1-5(2,3)7-4-6;1-4-6-5(2)3;/h1-3H3;4-5H,1-3H2;/q-1;-2;+1. The van der Waals surface area contributed by atoms with Crippen LogP contribution in [0.5, 0.6) is 0 Å². The minimum absolute atomic E-state index is 0. The molecule has 4 heteroatoms. The van der Waals surface area contributed by atoms with Crippen LogP contribution in [-0.2, 0) is 14.3 Å². The maximum Gasteiger partial charge on any atom is 1.00 e. The van der Waals surface area contributed by atoms with Gasteiger partial charge in [-0.3, -0.25) is 0 Å². The molecule has 0 saturated carbocycles. The summed E-state index contributed by atoms with van der Waals surface area (Å²) < 4.78 is 9.01. The molecular weight excluding hydrogens is 207 g/mol. The zero-order valence-electron chi connectivity index (χ0n) is 9.50. The molecule has 0 aliphatic carbocycles. The first kappa shape index (κ1) is 20.1. The van der Waals surface area contributed by atoms with Crippen LogP contribution in [-0.4, -0.2) is 18.2 Å². The zero-order chi connectivity index (χ0) is 10.9. The molecule has 0 spiro atoms. The molecule has 14 heavy (non-hydrogen) atoms. The van der Waals surface area contributed by atoms with Gasteiger partial charge in [0.15, 0.2) is 0 Å². The van der Waals surface area contributed by atoms with E-state index in [0.29, 0.717) is 0 Å². The minimum Gasteiger partial charge on any atom is -0.649 e. The predicted octanol–water partition coefficient (Wildman–Crippen LogP) is -0.944. The van der Waals surface area contributed by atoms with E-state index in [9.17, 15) is 4.79 Å². The molecule has 78 valence electrons. The average Bonchev–Trinajstić information content (AvgIpc) is 1.84. The molecule has 0 aromatic carbocycles. The van der Waals surface area contributed by atoms with Gasteiger partial charge >= 0.3 is 51.4 Å². The molecule has 0 aliphatic rings. The Morgan fingerprint density at radius 3 is 1.86 bits per heavy atom. The predicted molar refractivity (Wildman–Crippen MR) is 52.3 cm³/mol. The third-order valence-corrected chi connectivity index (χ3v) is 0.637. The topological polar surface area (TPSA) is 35.5 Å². The van der Waals surface area contributed by atoms with Crippen molar-refractivity contribution in [3.8, 4) is 0 Å². The van der Waals surface area contributed by atoms with E-state index in [4.69, 9.17) is 0 Å². The van der Waals surface area contributed by atoms with Gasteiger partial charge in [0.1, 0.15) is 0 Å². The summed E-state index contributed by atoms with van der Waals surface area (Å²) in [6.07, 6.45) is 1.10. The number of hydrogen-bond donors (Lipinski definition) is 0. The van der Waals surface area contributed by atoms with E-state index in [1.54, 1.807) is 20.8 Å². The molecule has 0 N–H and O–H groups in total. The van der Waals surface area contributed by atoms with Gasteiger partial charge in [0.25, 0.3) is 0 Å². The zero-order valence-corrected chi connectivity index (χ0v) is 12.6. The van der Waals surface area contributed by atoms with Crippen molar-refractivity contribution in [3.63, 3.8) is 0 Å². The molecule has 3 nitrogen and oxygen atoms in total. The fraction of sp³-hybridized carbons (Fsp3) is 0.500. The van der Waals surface area contributed by atoms with Gasteiger partial charge in [-0.15, -0.1) is 0 Å². The molecule has 0 unspecified atom stereocenters. The molecule has 0 aromatic heterocycles. The summed E-state index contributed by atoms with van der Waals surface area (Å²) in [5.74, 6) is 0. The van der Waals surface area contributed by atoms with Crippen molar-refractivity contribution in [2.75, 3.05) is 0 Å². The Morgan fingerprint density at radius 2 is 1.86 bits per heavy atom. The molecular formula is C10H17KO3-2. The maximum absolute atomic E-state index is 9.47. The van der Waals surface area contributed by atoms with Crippen molar-refractivity contribution in [2.45, 2.75) is 32.5 Å². The van der Waals surface area contributed by atoms with Crippen molar-refractivity contribution in [1.82, 2.24) is 0 Å². The number of hydrogen-bond acceptors (Lipinski definition) is 3. The Bertz CT molecular complexity index is 139. The second-order valence-corrected chi connectivity index (χ2v) is 3.22. The average molecular weight is 224 g/mol. The summed E-state index contributed by atoms with van der Waals surface area (Å²) >= 11 is 0. The minimum atomic E-state index is -0.373. The van der Waals surface area contributed by atoms with Crippen LogP contribution < -0.4 is 51.4 Å². The first-order valence-electron chi connectivity index (χ1n) is 3.81. The molecule has 0 aromatic rings. The van der Waals surface area contributed by atoms with Crippen molar-refractivity contribution in [1.29, 1.82) is 0 Å². The smallest absolute Gasteiger partial charge is 0.649 e. The van der Waals surface area contributed by atoms with Crippen LogP contribution >= 0.6 is 0 Å². The van der Waals surface area contributed by atoms with Gasteiger partial charge in [-0.2, -0.15) is 6.10 Å². The normalized spacial score (nSPS) is 9.00. The van der Waals surface area contributed by atoms with Gasteiger partial charge in [-0.05, 0) is 20.8 Å². The Hall–Kier alpha value is 0.646. The van der Waals surface area contributed by atoms with Gasteiger partial charge < -0.3 is 28.1 Å². The Labute approximate surface area is 130 Å². The van der Waals surface area contributed by atoms with Crippen molar-refractivity contribution in [2.24, 2.45) is 0 Å². The van der Waals surface area contributed by atoms with Gasteiger partial charge in [-0.25, -0.2) is 0 Å². The van der Waals surface area contributed by atoms with Crippen molar-refractivity contribution >= 4 is 6.47 Å². The fourth-order valence-electron chi connectivity index (χ4n) is 0.261. The summed E-state index contributed by atoms with van der Waals surface area (Å²) in [6.45, 7) is 16.9. The summed E-state index contributed by atoms with van der Waals surface area (Å²) in [7, 11) is 0. The molecule has 0 radical (unpaired) electrons. The van der Waals surface area contributed by atoms with Crippen LogP contribution in [0.25, 0.3) is 0 Å². The van der Waals surface area contributed by atoms with Crippen molar-refractivity contribution in [3.05, 3.63) is 26.7 Å². The Kier molecular flexibility index (Phi) is 16.8. The molecule has 0 bridgehead atoms.